The average molecular weight is 454 g/mol. The van der Waals surface area contributed by atoms with Crippen LogP contribution < -0.4 is 5.32 Å². The maximum absolute atomic E-state index is 13.2. The molecule has 3 rings (SSSR count). The number of imide groups is 1. The van der Waals surface area contributed by atoms with Gasteiger partial charge in [-0.25, -0.2) is 9.59 Å². The second-order valence-corrected chi connectivity index (χ2v) is 8.49. The first-order valence-corrected chi connectivity index (χ1v) is 11.2. The highest BCUT2D eigenvalue weighted by atomic mass is 16.5. The molecule has 8 heteroatoms. The number of carbonyl (C=O) groups excluding carboxylic acids is 4. The zero-order valence-corrected chi connectivity index (χ0v) is 19.9. The molecule has 0 atom stereocenters. The first-order chi connectivity index (χ1) is 15.7. The SMILES string of the molecule is CCCC1(CCC)NC(=O)N(CC(=O)c2cc(C)n(-c3ccc(C(=O)OC)cc3)c2C)C1=O. The molecular weight excluding hydrogens is 422 g/mol. The van der Waals surface area contributed by atoms with E-state index in [1.165, 1.54) is 7.11 Å². The van der Waals surface area contributed by atoms with Gasteiger partial charge in [-0.05, 0) is 57.0 Å². The number of aromatic nitrogens is 1. The number of methoxy groups -OCH3 is 1. The Bertz CT molecular complexity index is 1080. The van der Waals surface area contributed by atoms with Crippen LogP contribution in [0, 0.1) is 13.8 Å². The highest BCUT2D eigenvalue weighted by Gasteiger charge is 2.50. The van der Waals surface area contributed by atoms with E-state index in [9.17, 15) is 19.2 Å². The number of ether oxygens (including phenoxy) is 1. The van der Waals surface area contributed by atoms with E-state index in [4.69, 9.17) is 4.74 Å². The molecule has 176 valence electrons. The largest absolute Gasteiger partial charge is 0.465 e. The first-order valence-electron chi connectivity index (χ1n) is 11.2. The topological polar surface area (TPSA) is 97.7 Å². The van der Waals surface area contributed by atoms with Crippen LogP contribution in [0.1, 0.15) is 71.6 Å². The third-order valence-electron chi connectivity index (χ3n) is 6.18. The van der Waals surface area contributed by atoms with E-state index in [0.29, 0.717) is 29.7 Å². The van der Waals surface area contributed by atoms with Crippen molar-refractivity contribution in [3.8, 4) is 5.69 Å². The Morgan fingerprint density at radius 1 is 1.03 bits per heavy atom. The molecule has 0 saturated carbocycles. The molecule has 1 saturated heterocycles. The predicted octanol–water partition coefficient (Wildman–Crippen LogP) is 3.95. The molecule has 1 fully saturated rings. The van der Waals surface area contributed by atoms with Crippen molar-refractivity contribution in [2.45, 2.75) is 58.9 Å². The van der Waals surface area contributed by atoms with Crippen LogP contribution >= 0.6 is 0 Å². The molecule has 1 aromatic heterocycles. The number of ketones is 1. The number of Topliss-reactive ketones (excluding diaryl/α,β-unsaturated/α-hetero) is 1. The van der Waals surface area contributed by atoms with Gasteiger partial charge in [0.25, 0.3) is 5.91 Å². The number of hydrogen-bond donors (Lipinski definition) is 1. The average Bonchev–Trinajstić information content (AvgIpc) is 3.21. The second-order valence-electron chi connectivity index (χ2n) is 8.49. The maximum atomic E-state index is 13.2. The number of hydrogen-bond acceptors (Lipinski definition) is 5. The monoisotopic (exact) mass is 453 g/mol. The van der Waals surface area contributed by atoms with Crippen LogP contribution in [0.3, 0.4) is 0 Å². The van der Waals surface area contributed by atoms with Crippen molar-refractivity contribution in [1.82, 2.24) is 14.8 Å². The Morgan fingerprint density at radius 3 is 2.18 bits per heavy atom. The number of carbonyl (C=O) groups is 4. The van der Waals surface area contributed by atoms with Crippen molar-refractivity contribution in [2.75, 3.05) is 13.7 Å². The summed E-state index contributed by atoms with van der Waals surface area (Å²) in [7, 11) is 1.33. The summed E-state index contributed by atoms with van der Waals surface area (Å²) in [5.74, 6) is -1.04. The molecule has 0 aliphatic carbocycles. The van der Waals surface area contributed by atoms with E-state index >= 15 is 0 Å². The summed E-state index contributed by atoms with van der Waals surface area (Å²) < 4.78 is 6.64. The predicted molar refractivity (Wildman–Crippen MR) is 124 cm³/mol. The number of amides is 3. The molecule has 0 radical (unpaired) electrons. The summed E-state index contributed by atoms with van der Waals surface area (Å²) in [5, 5.41) is 2.84. The number of benzene rings is 1. The van der Waals surface area contributed by atoms with Gasteiger partial charge >= 0.3 is 12.0 Å². The molecule has 0 spiro atoms. The van der Waals surface area contributed by atoms with Crippen LogP contribution in [0.5, 0.6) is 0 Å². The number of rotatable bonds is 9. The highest BCUT2D eigenvalue weighted by molar-refractivity contribution is 6.11. The van der Waals surface area contributed by atoms with Crippen molar-refractivity contribution in [2.24, 2.45) is 0 Å². The highest BCUT2D eigenvalue weighted by Crippen LogP contribution is 2.29. The standard InChI is InChI=1S/C25H31N3O5/c1-6-12-25(13-7-2)23(31)27(24(32)26-25)15-21(29)20-14-16(3)28(17(20)4)19-10-8-18(9-11-19)22(30)33-5/h8-11,14H,6-7,12-13,15H2,1-5H3,(H,26,32). The zero-order valence-electron chi connectivity index (χ0n) is 19.9. The minimum absolute atomic E-state index is 0.298. The molecule has 33 heavy (non-hydrogen) atoms. The Morgan fingerprint density at radius 2 is 1.64 bits per heavy atom. The fourth-order valence-corrected chi connectivity index (χ4v) is 4.67. The third-order valence-corrected chi connectivity index (χ3v) is 6.18. The molecule has 8 nitrogen and oxygen atoms in total. The van der Waals surface area contributed by atoms with Crippen LogP contribution in [-0.2, 0) is 9.53 Å². The van der Waals surface area contributed by atoms with Crippen LogP contribution in [-0.4, -0.2) is 52.4 Å². The van der Waals surface area contributed by atoms with Gasteiger partial charge in [-0.15, -0.1) is 0 Å². The van der Waals surface area contributed by atoms with E-state index in [2.05, 4.69) is 5.32 Å². The second kappa shape index (κ2) is 9.60. The van der Waals surface area contributed by atoms with Crippen molar-refractivity contribution >= 4 is 23.7 Å². The lowest BCUT2D eigenvalue weighted by Gasteiger charge is -2.25. The molecule has 1 aromatic carbocycles. The van der Waals surface area contributed by atoms with Crippen LogP contribution in [0.15, 0.2) is 30.3 Å². The smallest absolute Gasteiger partial charge is 0.337 e. The van der Waals surface area contributed by atoms with E-state index in [1.54, 1.807) is 30.3 Å². The van der Waals surface area contributed by atoms with E-state index in [0.717, 1.165) is 29.1 Å². The van der Waals surface area contributed by atoms with Crippen LogP contribution in [0.2, 0.25) is 0 Å². The minimum atomic E-state index is -0.918. The van der Waals surface area contributed by atoms with Gasteiger partial charge in [-0.1, -0.05) is 26.7 Å². The fourth-order valence-electron chi connectivity index (χ4n) is 4.67. The lowest BCUT2D eigenvalue weighted by molar-refractivity contribution is -0.131. The van der Waals surface area contributed by atoms with Gasteiger partial charge in [0.2, 0.25) is 0 Å². The van der Waals surface area contributed by atoms with Gasteiger partial charge in [0.15, 0.2) is 5.78 Å². The molecule has 0 bridgehead atoms. The maximum Gasteiger partial charge on any atom is 0.337 e. The molecule has 0 unspecified atom stereocenters. The van der Waals surface area contributed by atoms with Crippen molar-refractivity contribution in [3.05, 3.63) is 52.8 Å². The lowest BCUT2D eigenvalue weighted by Crippen LogP contribution is -2.47. The fraction of sp³-hybridized carbons (Fsp3) is 0.440. The first kappa shape index (κ1) is 24.2. The van der Waals surface area contributed by atoms with Crippen molar-refractivity contribution < 1.29 is 23.9 Å². The Hall–Kier alpha value is -3.42. The van der Waals surface area contributed by atoms with Crippen molar-refractivity contribution in [1.29, 1.82) is 0 Å². The number of nitrogens with one attached hydrogen (secondary N) is 1. The molecular formula is C25H31N3O5. The summed E-state index contributed by atoms with van der Waals surface area (Å²) in [6.45, 7) is 7.33. The summed E-state index contributed by atoms with van der Waals surface area (Å²) in [5.41, 5.74) is 2.28. The Balaban J connectivity index is 1.85. The molecule has 2 aromatic rings. The molecule has 1 aliphatic rings. The molecule has 2 heterocycles. The van der Waals surface area contributed by atoms with E-state index in [1.807, 2.05) is 32.3 Å². The van der Waals surface area contributed by atoms with Gasteiger partial charge < -0.3 is 14.6 Å². The summed E-state index contributed by atoms with van der Waals surface area (Å²) in [6, 6.07) is 8.13. The molecule has 3 amide bonds. The normalized spacial score (nSPS) is 15.0. The number of aryl methyl sites for hydroxylation is 1. The zero-order chi connectivity index (χ0) is 24.3. The van der Waals surface area contributed by atoms with Gasteiger partial charge in [-0.2, -0.15) is 0 Å². The number of esters is 1. The van der Waals surface area contributed by atoms with E-state index in [-0.39, 0.29) is 18.2 Å². The van der Waals surface area contributed by atoms with Crippen molar-refractivity contribution in [3.63, 3.8) is 0 Å². The summed E-state index contributed by atoms with van der Waals surface area (Å²) >= 11 is 0. The van der Waals surface area contributed by atoms with Gasteiger partial charge in [-0.3, -0.25) is 14.5 Å². The van der Waals surface area contributed by atoms with Crippen LogP contribution in [0.4, 0.5) is 4.79 Å². The van der Waals surface area contributed by atoms with Gasteiger partial charge in [0.1, 0.15) is 5.54 Å². The van der Waals surface area contributed by atoms with Gasteiger partial charge in [0.05, 0.1) is 19.2 Å². The summed E-state index contributed by atoms with van der Waals surface area (Å²) in [4.78, 5) is 51.6. The minimum Gasteiger partial charge on any atom is -0.465 e. The molecule has 1 N–H and O–H groups in total. The quantitative estimate of drug-likeness (QED) is 0.352. The Labute approximate surface area is 193 Å². The van der Waals surface area contributed by atoms with E-state index < -0.39 is 17.5 Å². The van der Waals surface area contributed by atoms with Crippen LogP contribution in [0.25, 0.3) is 5.69 Å². The van der Waals surface area contributed by atoms with Gasteiger partial charge in [0, 0.05) is 22.6 Å². The number of urea groups is 1. The third kappa shape index (κ3) is 4.42. The Kier molecular flexibility index (Phi) is 7.05. The summed E-state index contributed by atoms with van der Waals surface area (Å²) in [6.07, 6.45) is 2.60. The molecule has 1 aliphatic heterocycles. The lowest BCUT2D eigenvalue weighted by atomic mass is 9.88. The number of nitrogens with zero attached hydrogens (tertiary/aromatic N) is 2.